The topological polar surface area (TPSA) is 75.4 Å². The Kier molecular flexibility index (Phi) is 4.67. The molecule has 0 amide bonds. The molecule has 0 spiro atoms. The van der Waals surface area contributed by atoms with Crippen LogP contribution in [0.4, 0.5) is 20.2 Å². The summed E-state index contributed by atoms with van der Waals surface area (Å²) in [5.74, 6) is -1.20. The third-order valence-electron chi connectivity index (χ3n) is 3.23. The first-order valence-electron chi connectivity index (χ1n) is 6.52. The summed E-state index contributed by atoms with van der Waals surface area (Å²) < 4.78 is 26.6. The van der Waals surface area contributed by atoms with E-state index in [2.05, 4.69) is 5.32 Å². The molecule has 2 aromatic rings. The smallest absolute Gasteiger partial charge is 0.272 e. The number of benzene rings is 2. The lowest BCUT2D eigenvalue weighted by molar-refractivity contribution is -0.385. The van der Waals surface area contributed by atoms with Crippen LogP contribution >= 0.6 is 0 Å². The molecule has 0 heterocycles. The number of non-ortho nitro benzene ring substituents is 1. The zero-order chi connectivity index (χ0) is 16.3. The summed E-state index contributed by atoms with van der Waals surface area (Å²) in [6, 6.07) is 7.94. The van der Waals surface area contributed by atoms with E-state index in [4.69, 9.17) is 0 Å². The molecule has 2 N–H and O–H groups in total. The van der Waals surface area contributed by atoms with Crippen molar-refractivity contribution in [1.29, 1.82) is 0 Å². The maximum absolute atomic E-state index is 13.8. The summed E-state index contributed by atoms with van der Waals surface area (Å²) >= 11 is 0. The number of aliphatic hydroxyl groups is 1. The Morgan fingerprint density at radius 2 is 1.82 bits per heavy atom. The van der Waals surface area contributed by atoms with Gasteiger partial charge in [-0.1, -0.05) is 12.1 Å². The average Bonchev–Trinajstić information content (AvgIpc) is 2.49. The molecule has 0 aliphatic rings. The number of rotatable bonds is 5. The number of anilines is 1. The van der Waals surface area contributed by atoms with Gasteiger partial charge >= 0.3 is 0 Å². The zero-order valence-corrected chi connectivity index (χ0v) is 11.7. The van der Waals surface area contributed by atoms with Gasteiger partial charge in [0.2, 0.25) is 0 Å². The van der Waals surface area contributed by atoms with E-state index in [-0.39, 0.29) is 11.4 Å². The summed E-state index contributed by atoms with van der Waals surface area (Å²) in [6.07, 6.45) is -0.991. The fraction of sp³-hybridized carbons (Fsp3) is 0.200. The molecule has 2 atom stereocenters. The first-order chi connectivity index (χ1) is 10.4. The molecule has 0 saturated carbocycles. The minimum Gasteiger partial charge on any atom is -0.386 e. The summed E-state index contributed by atoms with van der Waals surface area (Å²) in [5.41, 5.74) is 0.165. The van der Waals surface area contributed by atoms with Gasteiger partial charge in [-0.15, -0.1) is 0 Å². The Labute approximate surface area is 125 Å². The Morgan fingerprint density at radius 1 is 1.18 bits per heavy atom. The molecule has 7 heteroatoms. The number of halogens is 2. The van der Waals surface area contributed by atoms with Gasteiger partial charge in [-0.05, 0) is 30.7 Å². The second-order valence-electron chi connectivity index (χ2n) is 4.85. The van der Waals surface area contributed by atoms with Gasteiger partial charge < -0.3 is 10.4 Å². The van der Waals surface area contributed by atoms with Crippen molar-refractivity contribution >= 4 is 11.4 Å². The standard InChI is InChI=1S/C15H14F2N2O3/c1-9(15(20)10-2-4-11(16)5-3-10)18-14-7-6-12(19(21)22)8-13(14)17/h2-9,15,18,20H,1H3. The first-order valence-corrected chi connectivity index (χ1v) is 6.52. The molecule has 5 nitrogen and oxygen atoms in total. The maximum atomic E-state index is 13.8. The van der Waals surface area contributed by atoms with Crippen molar-refractivity contribution in [2.45, 2.75) is 19.1 Å². The number of nitro groups is 1. The van der Waals surface area contributed by atoms with E-state index in [0.29, 0.717) is 5.56 Å². The van der Waals surface area contributed by atoms with Crippen LogP contribution < -0.4 is 5.32 Å². The predicted molar refractivity (Wildman–Crippen MR) is 77.5 cm³/mol. The van der Waals surface area contributed by atoms with Gasteiger partial charge in [-0.3, -0.25) is 10.1 Å². The third kappa shape index (κ3) is 3.56. The average molecular weight is 308 g/mol. The second kappa shape index (κ2) is 6.48. The lowest BCUT2D eigenvalue weighted by Crippen LogP contribution is -2.24. The van der Waals surface area contributed by atoms with E-state index in [1.807, 2.05) is 0 Å². The molecular weight excluding hydrogens is 294 g/mol. The monoisotopic (exact) mass is 308 g/mol. The lowest BCUT2D eigenvalue weighted by atomic mass is 10.0. The van der Waals surface area contributed by atoms with Gasteiger partial charge in [0.15, 0.2) is 5.82 Å². The molecule has 2 unspecified atom stereocenters. The van der Waals surface area contributed by atoms with Crippen molar-refractivity contribution < 1.29 is 18.8 Å². The van der Waals surface area contributed by atoms with E-state index in [1.165, 1.54) is 36.4 Å². The highest BCUT2D eigenvalue weighted by Gasteiger charge is 2.18. The van der Waals surface area contributed by atoms with Gasteiger partial charge in [0, 0.05) is 6.07 Å². The number of aliphatic hydroxyl groups excluding tert-OH is 1. The lowest BCUT2D eigenvalue weighted by Gasteiger charge is -2.22. The predicted octanol–water partition coefficient (Wildman–Crippen LogP) is 3.41. The van der Waals surface area contributed by atoms with E-state index in [9.17, 15) is 24.0 Å². The SMILES string of the molecule is CC(Nc1ccc([N+](=O)[O-])cc1F)C(O)c1ccc(F)cc1. The fourth-order valence-corrected chi connectivity index (χ4v) is 2.01. The van der Waals surface area contributed by atoms with Crippen LogP contribution in [0.3, 0.4) is 0 Å². The maximum Gasteiger partial charge on any atom is 0.272 e. The highest BCUT2D eigenvalue weighted by molar-refractivity contribution is 5.51. The summed E-state index contributed by atoms with van der Waals surface area (Å²) in [4.78, 5) is 9.86. The van der Waals surface area contributed by atoms with E-state index < -0.39 is 28.7 Å². The van der Waals surface area contributed by atoms with Crippen molar-refractivity contribution in [3.05, 3.63) is 69.8 Å². The third-order valence-corrected chi connectivity index (χ3v) is 3.23. The Morgan fingerprint density at radius 3 is 2.36 bits per heavy atom. The van der Waals surface area contributed by atoms with Crippen LogP contribution in [-0.2, 0) is 0 Å². The molecule has 0 radical (unpaired) electrons. The molecular formula is C15H14F2N2O3. The van der Waals surface area contributed by atoms with Crippen molar-refractivity contribution in [1.82, 2.24) is 0 Å². The van der Waals surface area contributed by atoms with Crippen LogP contribution in [0.5, 0.6) is 0 Å². The van der Waals surface area contributed by atoms with Gasteiger partial charge in [0.05, 0.1) is 28.8 Å². The van der Waals surface area contributed by atoms with Crippen molar-refractivity contribution in [2.24, 2.45) is 0 Å². The van der Waals surface area contributed by atoms with Gasteiger partial charge in [0.1, 0.15) is 5.82 Å². The molecule has 116 valence electrons. The summed E-state index contributed by atoms with van der Waals surface area (Å²) in [7, 11) is 0. The molecule has 0 bridgehead atoms. The fourth-order valence-electron chi connectivity index (χ4n) is 2.01. The number of hydrogen-bond acceptors (Lipinski definition) is 4. The zero-order valence-electron chi connectivity index (χ0n) is 11.7. The summed E-state index contributed by atoms with van der Waals surface area (Å²) in [6.45, 7) is 1.62. The Bertz CT molecular complexity index is 677. The molecule has 2 aromatic carbocycles. The molecule has 22 heavy (non-hydrogen) atoms. The number of hydrogen-bond donors (Lipinski definition) is 2. The molecule has 0 aliphatic carbocycles. The largest absolute Gasteiger partial charge is 0.386 e. The molecule has 2 rings (SSSR count). The van der Waals surface area contributed by atoms with Crippen molar-refractivity contribution in [3.63, 3.8) is 0 Å². The van der Waals surface area contributed by atoms with Gasteiger partial charge in [0.25, 0.3) is 5.69 Å². The Hall–Kier alpha value is -2.54. The highest BCUT2D eigenvalue weighted by atomic mass is 19.1. The molecule has 0 aliphatic heterocycles. The highest BCUT2D eigenvalue weighted by Crippen LogP contribution is 2.24. The van der Waals surface area contributed by atoms with Crippen molar-refractivity contribution in [2.75, 3.05) is 5.32 Å². The quantitative estimate of drug-likeness (QED) is 0.655. The van der Waals surface area contributed by atoms with Crippen LogP contribution in [0.2, 0.25) is 0 Å². The molecule has 0 fully saturated rings. The minimum atomic E-state index is -0.991. The Balaban J connectivity index is 2.12. The molecule has 0 aromatic heterocycles. The molecule has 0 saturated heterocycles. The normalized spacial score (nSPS) is 13.5. The summed E-state index contributed by atoms with van der Waals surface area (Å²) in [5, 5.41) is 23.5. The van der Waals surface area contributed by atoms with Gasteiger partial charge in [-0.2, -0.15) is 0 Å². The van der Waals surface area contributed by atoms with Crippen LogP contribution in [0.25, 0.3) is 0 Å². The van der Waals surface area contributed by atoms with Crippen molar-refractivity contribution in [3.8, 4) is 0 Å². The van der Waals surface area contributed by atoms with E-state index in [1.54, 1.807) is 6.92 Å². The van der Waals surface area contributed by atoms with Crippen LogP contribution in [0, 0.1) is 21.7 Å². The first kappa shape index (κ1) is 15.8. The van der Waals surface area contributed by atoms with Gasteiger partial charge in [-0.25, -0.2) is 8.78 Å². The van der Waals surface area contributed by atoms with E-state index >= 15 is 0 Å². The van der Waals surface area contributed by atoms with Crippen LogP contribution in [0.15, 0.2) is 42.5 Å². The second-order valence-corrected chi connectivity index (χ2v) is 4.85. The minimum absolute atomic E-state index is 0.0410. The number of nitro benzene ring substituents is 1. The number of nitrogens with zero attached hydrogens (tertiary/aromatic N) is 1. The number of nitrogens with one attached hydrogen (secondary N) is 1. The van der Waals surface area contributed by atoms with E-state index in [0.717, 1.165) is 6.07 Å². The van der Waals surface area contributed by atoms with Crippen LogP contribution in [0.1, 0.15) is 18.6 Å². The van der Waals surface area contributed by atoms with Crippen LogP contribution in [-0.4, -0.2) is 16.1 Å².